The molecule has 0 unspecified atom stereocenters. The molecule has 0 aliphatic heterocycles. The smallest absolute Gasteiger partial charge is 0.263 e. The lowest BCUT2D eigenvalue weighted by Crippen LogP contribution is -2.66. The van der Waals surface area contributed by atoms with E-state index in [1.807, 2.05) is 10.6 Å². The summed E-state index contributed by atoms with van der Waals surface area (Å²) in [6.45, 7) is 14.3. The van der Waals surface area contributed by atoms with Crippen LogP contribution < -0.4 is 15.7 Å². The van der Waals surface area contributed by atoms with Crippen LogP contribution in [0.25, 0.3) is 16.0 Å². The van der Waals surface area contributed by atoms with Gasteiger partial charge < -0.3 is 9.74 Å². The quantitative estimate of drug-likeness (QED) is 0.236. The van der Waals surface area contributed by atoms with Crippen LogP contribution in [0, 0.1) is 5.41 Å². The van der Waals surface area contributed by atoms with Crippen LogP contribution in [0.1, 0.15) is 56.8 Å². The fraction of sp³-hybridized carbons (Fsp3) is 0.312. The predicted octanol–water partition coefficient (Wildman–Crippen LogP) is 6.40. The molecule has 0 saturated carbocycles. The fourth-order valence-electron chi connectivity index (χ4n) is 5.14. The van der Waals surface area contributed by atoms with Crippen LogP contribution in [0.4, 0.5) is 0 Å². The first-order valence-corrected chi connectivity index (χ1v) is 16.1. The van der Waals surface area contributed by atoms with Crippen molar-refractivity contribution in [2.45, 2.75) is 53.2 Å². The molecule has 7 heteroatoms. The second kappa shape index (κ2) is 10.4. The largest absolute Gasteiger partial charge is 0.403 e. The van der Waals surface area contributed by atoms with Gasteiger partial charge >= 0.3 is 0 Å². The number of rotatable bonds is 7. The van der Waals surface area contributed by atoms with Crippen LogP contribution in [0.5, 0.6) is 0 Å². The van der Waals surface area contributed by atoms with Gasteiger partial charge in [0.05, 0.1) is 17.6 Å². The molecule has 0 bridgehead atoms. The Labute approximate surface area is 236 Å². The molecule has 1 N–H and O–H groups in total. The molecule has 0 aliphatic carbocycles. The number of carbonyl (C=O) groups is 1. The second-order valence-electron chi connectivity index (χ2n) is 12.4. The van der Waals surface area contributed by atoms with E-state index in [0.717, 1.165) is 21.6 Å². The van der Waals surface area contributed by atoms with Gasteiger partial charge in [-0.25, -0.2) is 4.98 Å². The molecule has 3 aromatic carbocycles. The molecule has 0 saturated heterocycles. The van der Waals surface area contributed by atoms with Crippen LogP contribution in [-0.2, 0) is 11.0 Å². The summed E-state index contributed by atoms with van der Waals surface area (Å²) in [7, 11) is -2.65. The van der Waals surface area contributed by atoms with Crippen molar-refractivity contribution in [3.63, 3.8) is 0 Å². The standard InChI is InChI=1S/C32H37N3O2SSi/c1-31(2,3)22-33-29(36)28-20-35-27-19-23(17-18-26(27)34-30(35)38-28)21-37-39(32(4,5)6,24-13-9-7-10-14-24)25-15-11-8-12-16-25/h7-20H,21-22H2,1-6H3,(H,33,36). The Morgan fingerprint density at radius 1 is 0.923 bits per heavy atom. The molecule has 0 atom stereocenters. The Hall–Kier alpha value is -3.26. The average molecular weight is 556 g/mol. The highest BCUT2D eigenvalue weighted by Gasteiger charge is 2.50. The minimum Gasteiger partial charge on any atom is -0.403 e. The summed E-state index contributed by atoms with van der Waals surface area (Å²) < 4.78 is 9.17. The maximum absolute atomic E-state index is 12.8. The highest BCUT2D eigenvalue weighted by atomic mass is 32.1. The minimum absolute atomic E-state index is 0.0275. The van der Waals surface area contributed by atoms with Crippen molar-refractivity contribution in [1.29, 1.82) is 0 Å². The van der Waals surface area contributed by atoms with Crippen molar-refractivity contribution in [3.05, 3.63) is 95.5 Å². The Morgan fingerprint density at radius 2 is 1.54 bits per heavy atom. The lowest BCUT2D eigenvalue weighted by molar-refractivity contribution is 0.0943. The number of thiazole rings is 1. The number of imidazole rings is 1. The second-order valence-corrected chi connectivity index (χ2v) is 17.7. The summed E-state index contributed by atoms with van der Waals surface area (Å²) in [5.41, 5.74) is 3.01. The first-order valence-electron chi connectivity index (χ1n) is 13.4. The number of fused-ring (bicyclic) bond motifs is 3. The number of aromatic nitrogens is 2. The van der Waals surface area contributed by atoms with Crippen molar-refractivity contribution in [1.82, 2.24) is 14.7 Å². The Kier molecular flexibility index (Phi) is 7.26. The number of benzene rings is 3. The molecule has 2 heterocycles. The Morgan fingerprint density at radius 3 is 2.10 bits per heavy atom. The van der Waals surface area contributed by atoms with Gasteiger partial charge in [-0.15, -0.1) is 0 Å². The van der Waals surface area contributed by atoms with E-state index in [1.54, 1.807) is 0 Å². The fourth-order valence-corrected chi connectivity index (χ4v) is 10.6. The van der Waals surface area contributed by atoms with Gasteiger partial charge in [0.1, 0.15) is 4.88 Å². The maximum Gasteiger partial charge on any atom is 0.263 e. The molecule has 1 amide bonds. The summed E-state index contributed by atoms with van der Waals surface area (Å²) in [4.78, 5) is 19.0. The van der Waals surface area contributed by atoms with Crippen LogP contribution in [0.2, 0.25) is 5.04 Å². The zero-order valence-corrected chi connectivity index (χ0v) is 25.4. The zero-order chi connectivity index (χ0) is 27.8. The summed E-state index contributed by atoms with van der Waals surface area (Å²) in [5.74, 6) is -0.0558. The molecular formula is C32H37N3O2SSi. The van der Waals surface area contributed by atoms with E-state index in [2.05, 4.69) is 126 Å². The van der Waals surface area contributed by atoms with Crippen LogP contribution in [0.3, 0.4) is 0 Å². The van der Waals surface area contributed by atoms with Gasteiger partial charge in [0, 0.05) is 12.7 Å². The lowest BCUT2D eigenvalue weighted by atomic mass is 9.97. The van der Waals surface area contributed by atoms with Crippen molar-refractivity contribution in [2.24, 2.45) is 5.41 Å². The van der Waals surface area contributed by atoms with Crippen molar-refractivity contribution in [2.75, 3.05) is 6.54 Å². The summed E-state index contributed by atoms with van der Waals surface area (Å²) in [5, 5.41) is 5.48. The highest BCUT2D eigenvalue weighted by molar-refractivity contribution is 7.19. The average Bonchev–Trinajstić information content (AvgIpc) is 3.46. The van der Waals surface area contributed by atoms with Gasteiger partial charge in [0.25, 0.3) is 14.2 Å². The van der Waals surface area contributed by atoms with E-state index in [9.17, 15) is 4.79 Å². The van der Waals surface area contributed by atoms with E-state index in [-0.39, 0.29) is 16.4 Å². The van der Waals surface area contributed by atoms with Crippen LogP contribution in [0.15, 0.2) is 85.1 Å². The molecule has 0 aliphatic rings. The molecule has 5 aromatic rings. The molecule has 202 valence electrons. The van der Waals surface area contributed by atoms with Crippen molar-refractivity contribution in [3.8, 4) is 0 Å². The first-order chi connectivity index (χ1) is 18.5. The third-order valence-electron chi connectivity index (χ3n) is 7.04. The van der Waals surface area contributed by atoms with E-state index in [1.165, 1.54) is 21.7 Å². The summed E-state index contributed by atoms with van der Waals surface area (Å²) in [6, 6.07) is 27.7. The topological polar surface area (TPSA) is 55.6 Å². The third kappa shape index (κ3) is 5.44. The minimum atomic E-state index is -2.65. The maximum atomic E-state index is 12.8. The Bertz CT molecular complexity index is 1560. The van der Waals surface area contributed by atoms with E-state index in [0.29, 0.717) is 18.0 Å². The number of carbonyl (C=O) groups excluding carboxylic acids is 1. The molecule has 0 radical (unpaired) electrons. The SMILES string of the molecule is CC(C)(C)CNC(=O)c1cn2c(nc3ccc(CO[Si](c4ccccc4)(c4ccccc4)C(C)(C)C)cc32)s1. The monoisotopic (exact) mass is 555 g/mol. The Balaban J connectivity index is 1.49. The van der Waals surface area contributed by atoms with Crippen molar-refractivity contribution < 1.29 is 9.22 Å². The predicted molar refractivity (Wildman–Crippen MR) is 165 cm³/mol. The van der Waals surface area contributed by atoms with Gasteiger partial charge in [-0.3, -0.25) is 9.20 Å². The van der Waals surface area contributed by atoms with Gasteiger partial charge in [-0.05, 0) is 38.5 Å². The van der Waals surface area contributed by atoms with E-state index < -0.39 is 8.32 Å². The van der Waals surface area contributed by atoms with Crippen LogP contribution in [-0.4, -0.2) is 30.2 Å². The highest BCUT2D eigenvalue weighted by Crippen LogP contribution is 2.37. The van der Waals surface area contributed by atoms with Crippen molar-refractivity contribution >= 4 is 51.9 Å². The normalized spacial score (nSPS) is 12.8. The number of nitrogens with one attached hydrogen (secondary N) is 1. The molecule has 0 spiro atoms. The molecule has 5 rings (SSSR count). The lowest BCUT2D eigenvalue weighted by Gasteiger charge is -2.43. The van der Waals surface area contributed by atoms with Gasteiger partial charge in [0.15, 0.2) is 4.96 Å². The van der Waals surface area contributed by atoms with Gasteiger partial charge in [0.2, 0.25) is 0 Å². The third-order valence-corrected chi connectivity index (χ3v) is 13.0. The van der Waals surface area contributed by atoms with Crippen LogP contribution >= 0.6 is 11.3 Å². The van der Waals surface area contributed by atoms with E-state index >= 15 is 0 Å². The summed E-state index contributed by atoms with van der Waals surface area (Å²) >= 11 is 1.42. The van der Waals surface area contributed by atoms with E-state index in [4.69, 9.17) is 9.41 Å². The first kappa shape index (κ1) is 27.3. The number of hydrogen-bond donors (Lipinski definition) is 1. The summed E-state index contributed by atoms with van der Waals surface area (Å²) in [6.07, 6.45) is 1.90. The number of nitrogens with zero attached hydrogens (tertiary/aromatic N) is 2. The molecular weight excluding hydrogens is 519 g/mol. The van der Waals surface area contributed by atoms with Gasteiger partial charge in [-0.2, -0.15) is 0 Å². The molecule has 2 aromatic heterocycles. The molecule has 39 heavy (non-hydrogen) atoms. The van der Waals surface area contributed by atoms with Gasteiger partial charge in [-0.1, -0.05) is 120 Å². The molecule has 0 fully saturated rings. The molecule has 5 nitrogen and oxygen atoms in total. The number of hydrogen-bond acceptors (Lipinski definition) is 4. The zero-order valence-electron chi connectivity index (χ0n) is 23.6. The number of amides is 1.